The number of imidazole rings is 1. The maximum Gasteiger partial charge on any atom is 0.270 e. The van der Waals surface area contributed by atoms with E-state index in [0.717, 1.165) is 5.56 Å². The Hall–Kier alpha value is -2.01. The van der Waals surface area contributed by atoms with E-state index in [-0.39, 0.29) is 11.6 Å². The second-order valence-corrected chi connectivity index (χ2v) is 3.99. The van der Waals surface area contributed by atoms with Crippen molar-refractivity contribution in [2.24, 2.45) is 5.73 Å². The Morgan fingerprint density at radius 2 is 2.06 bits per heavy atom. The van der Waals surface area contributed by atoms with Gasteiger partial charge in [0.1, 0.15) is 5.82 Å². The zero-order valence-corrected chi connectivity index (χ0v) is 9.53. The van der Waals surface area contributed by atoms with Gasteiger partial charge in [-0.1, -0.05) is 23.7 Å². The van der Waals surface area contributed by atoms with Crippen LogP contribution in [0.2, 0.25) is 5.02 Å². The standard InChI is InChI=1S/C11H10ClN3O2/c12-7-3-1-6(2-4-7)5-8-14-9(10(13)16)11(17)15-8/h1-4,17H,5H2,(H2,13,16)(H,14,15). The van der Waals surface area contributed by atoms with Crippen LogP contribution >= 0.6 is 11.6 Å². The van der Waals surface area contributed by atoms with Crippen molar-refractivity contribution in [1.82, 2.24) is 9.97 Å². The molecule has 17 heavy (non-hydrogen) atoms. The number of rotatable bonds is 3. The van der Waals surface area contributed by atoms with Crippen molar-refractivity contribution in [2.45, 2.75) is 6.42 Å². The second-order valence-electron chi connectivity index (χ2n) is 3.55. The molecular weight excluding hydrogens is 242 g/mol. The third kappa shape index (κ3) is 2.57. The second kappa shape index (κ2) is 4.47. The highest BCUT2D eigenvalue weighted by Gasteiger charge is 2.13. The molecule has 1 amide bonds. The number of amides is 1. The van der Waals surface area contributed by atoms with E-state index in [9.17, 15) is 9.90 Å². The van der Waals surface area contributed by atoms with Crippen LogP contribution in [0.5, 0.6) is 5.88 Å². The number of nitrogens with one attached hydrogen (secondary N) is 1. The molecule has 0 radical (unpaired) electrons. The number of primary amides is 1. The number of benzene rings is 1. The molecule has 0 aliphatic heterocycles. The highest BCUT2D eigenvalue weighted by Crippen LogP contribution is 2.16. The molecule has 6 heteroatoms. The lowest BCUT2D eigenvalue weighted by Crippen LogP contribution is -2.11. The van der Waals surface area contributed by atoms with Gasteiger partial charge in [-0.3, -0.25) is 4.79 Å². The largest absolute Gasteiger partial charge is 0.492 e. The zero-order chi connectivity index (χ0) is 12.4. The van der Waals surface area contributed by atoms with Gasteiger partial charge in [-0.05, 0) is 17.7 Å². The summed E-state index contributed by atoms with van der Waals surface area (Å²) in [6.45, 7) is 0. The van der Waals surface area contributed by atoms with E-state index < -0.39 is 5.91 Å². The number of carbonyl (C=O) groups is 1. The van der Waals surface area contributed by atoms with Crippen LogP contribution in [0.3, 0.4) is 0 Å². The normalized spacial score (nSPS) is 10.4. The van der Waals surface area contributed by atoms with Gasteiger partial charge in [0.2, 0.25) is 5.88 Å². The van der Waals surface area contributed by atoms with Crippen LogP contribution in [0.1, 0.15) is 21.9 Å². The molecule has 2 aromatic rings. The molecule has 0 bridgehead atoms. The number of carbonyl (C=O) groups excluding carboxylic acids is 1. The van der Waals surface area contributed by atoms with Crippen LogP contribution in [-0.4, -0.2) is 21.0 Å². The zero-order valence-electron chi connectivity index (χ0n) is 8.77. The van der Waals surface area contributed by atoms with E-state index >= 15 is 0 Å². The van der Waals surface area contributed by atoms with E-state index in [1.54, 1.807) is 12.1 Å². The summed E-state index contributed by atoms with van der Waals surface area (Å²) in [5, 5.41) is 10.0. The van der Waals surface area contributed by atoms with Crippen LogP contribution in [0.4, 0.5) is 0 Å². The van der Waals surface area contributed by atoms with Crippen molar-refractivity contribution >= 4 is 17.5 Å². The highest BCUT2D eigenvalue weighted by molar-refractivity contribution is 6.30. The van der Waals surface area contributed by atoms with Crippen molar-refractivity contribution in [3.63, 3.8) is 0 Å². The molecule has 88 valence electrons. The fraction of sp³-hybridized carbons (Fsp3) is 0.0909. The van der Waals surface area contributed by atoms with Crippen LogP contribution in [0.25, 0.3) is 0 Å². The Morgan fingerprint density at radius 1 is 1.41 bits per heavy atom. The van der Waals surface area contributed by atoms with Gasteiger partial charge in [0.05, 0.1) is 0 Å². The number of hydrogen-bond donors (Lipinski definition) is 3. The van der Waals surface area contributed by atoms with Crippen molar-refractivity contribution < 1.29 is 9.90 Å². The Labute approximate surface area is 102 Å². The minimum Gasteiger partial charge on any atom is -0.492 e. The first-order valence-corrected chi connectivity index (χ1v) is 5.26. The molecule has 0 unspecified atom stereocenters. The van der Waals surface area contributed by atoms with Gasteiger partial charge < -0.3 is 15.8 Å². The van der Waals surface area contributed by atoms with Crippen LogP contribution in [0.15, 0.2) is 24.3 Å². The predicted molar refractivity (Wildman–Crippen MR) is 63.0 cm³/mol. The summed E-state index contributed by atoms with van der Waals surface area (Å²) >= 11 is 5.76. The minimum atomic E-state index is -0.739. The Kier molecular flexibility index (Phi) is 3.01. The molecule has 0 aliphatic carbocycles. The summed E-state index contributed by atoms with van der Waals surface area (Å²) in [4.78, 5) is 17.4. The molecule has 1 aromatic heterocycles. The van der Waals surface area contributed by atoms with Gasteiger partial charge >= 0.3 is 0 Å². The first-order chi connectivity index (χ1) is 8.06. The van der Waals surface area contributed by atoms with Crippen LogP contribution in [0, 0.1) is 0 Å². The molecule has 4 N–H and O–H groups in total. The lowest BCUT2D eigenvalue weighted by atomic mass is 10.1. The first kappa shape index (κ1) is 11.5. The molecule has 0 fully saturated rings. The number of nitrogens with two attached hydrogens (primary N) is 1. The average Bonchev–Trinajstić information content (AvgIpc) is 2.63. The minimum absolute atomic E-state index is 0.0750. The molecule has 0 aliphatic rings. The summed E-state index contributed by atoms with van der Waals surface area (Å²) in [7, 11) is 0. The lowest BCUT2D eigenvalue weighted by Gasteiger charge is -1.97. The van der Waals surface area contributed by atoms with Gasteiger partial charge in [0, 0.05) is 11.4 Å². The molecule has 0 saturated heterocycles. The number of aromatic hydroxyl groups is 1. The molecule has 1 aromatic carbocycles. The molecule has 0 atom stereocenters. The van der Waals surface area contributed by atoms with Crippen molar-refractivity contribution in [3.05, 3.63) is 46.4 Å². The molecular formula is C11H10ClN3O2. The smallest absolute Gasteiger partial charge is 0.270 e. The fourth-order valence-electron chi connectivity index (χ4n) is 1.46. The number of aromatic nitrogens is 2. The summed E-state index contributed by atoms with van der Waals surface area (Å²) in [6, 6.07) is 7.20. The third-order valence-electron chi connectivity index (χ3n) is 2.26. The van der Waals surface area contributed by atoms with Gasteiger partial charge in [0.15, 0.2) is 5.69 Å². The van der Waals surface area contributed by atoms with Gasteiger partial charge in [0.25, 0.3) is 5.91 Å². The maximum atomic E-state index is 10.9. The molecule has 5 nitrogen and oxygen atoms in total. The maximum absolute atomic E-state index is 10.9. The summed E-state index contributed by atoms with van der Waals surface area (Å²) < 4.78 is 0. The van der Waals surface area contributed by atoms with Crippen molar-refractivity contribution in [2.75, 3.05) is 0 Å². The average molecular weight is 252 g/mol. The van der Waals surface area contributed by atoms with E-state index in [1.807, 2.05) is 12.1 Å². The number of halogens is 1. The first-order valence-electron chi connectivity index (χ1n) is 4.88. The van der Waals surface area contributed by atoms with E-state index in [1.165, 1.54) is 0 Å². The summed E-state index contributed by atoms with van der Waals surface area (Å²) in [5.41, 5.74) is 5.94. The fourth-order valence-corrected chi connectivity index (χ4v) is 1.59. The highest BCUT2D eigenvalue weighted by atomic mass is 35.5. The van der Waals surface area contributed by atoms with Crippen molar-refractivity contribution in [1.29, 1.82) is 0 Å². The summed E-state index contributed by atoms with van der Waals surface area (Å²) in [5.74, 6) is -0.641. The van der Waals surface area contributed by atoms with Crippen LogP contribution < -0.4 is 5.73 Å². The molecule has 2 rings (SSSR count). The van der Waals surface area contributed by atoms with E-state index in [2.05, 4.69) is 9.97 Å². The van der Waals surface area contributed by atoms with E-state index in [0.29, 0.717) is 17.3 Å². The number of nitrogens with zero attached hydrogens (tertiary/aromatic N) is 1. The monoisotopic (exact) mass is 251 g/mol. The van der Waals surface area contributed by atoms with E-state index in [4.69, 9.17) is 17.3 Å². The number of aromatic amines is 1. The predicted octanol–water partition coefficient (Wildman–Crippen LogP) is 1.46. The summed E-state index contributed by atoms with van der Waals surface area (Å²) in [6.07, 6.45) is 0.456. The lowest BCUT2D eigenvalue weighted by molar-refractivity contribution is 0.0993. The Balaban J connectivity index is 2.22. The Bertz CT molecular complexity index is 548. The molecule has 0 saturated carbocycles. The Morgan fingerprint density at radius 3 is 2.59 bits per heavy atom. The number of hydrogen-bond acceptors (Lipinski definition) is 3. The molecule has 1 heterocycles. The SMILES string of the molecule is NC(=O)c1[nH]c(Cc2ccc(Cl)cc2)nc1O. The van der Waals surface area contributed by atoms with Gasteiger partial charge in [-0.2, -0.15) is 4.98 Å². The molecule has 0 spiro atoms. The van der Waals surface area contributed by atoms with Crippen LogP contribution in [-0.2, 0) is 6.42 Å². The quantitative estimate of drug-likeness (QED) is 0.771. The van der Waals surface area contributed by atoms with Gasteiger partial charge in [-0.25, -0.2) is 0 Å². The van der Waals surface area contributed by atoms with Gasteiger partial charge in [-0.15, -0.1) is 0 Å². The van der Waals surface area contributed by atoms with Crippen molar-refractivity contribution in [3.8, 4) is 5.88 Å². The topological polar surface area (TPSA) is 92.0 Å². The third-order valence-corrected chi connectivity index (χ3v) is 2.52. The number of H-pyrrole nitrogens is 1.